The summed E-state index contributed by atoms with van der Waals surface area (Å²) in [7, 11) is 1.67. The Bertz CT molecular complexity index is 444. The molecule has 0 heterocycles. The number of methoxy groups -OCH3 is 1. The van der Waals surface area contributed by atoms with Gasteiger partial charge < -0.3 is 4.74 Å². The highest BCUT2D eigenvalue weighted by Gasteiger charge is 2.36. The van der Waals surface area contributed by atoms with Crippen LogP contribution in [0.1, 0.15) is 37.0 Å². The second kappa shape index (κ2) is 3.62. The Morgan fingerprint density at radius 1 is 1.25 bits per heavy atom. The Balaban J connectivity index is 2.68. The Morgan fingerprint density at radius 2 is 1.94 bits per heavy atom. The van der Waals surface area contributed by atoms with Gasteiger partial charge in [-0.3, -0.25) is 4.79 Å². The van der Waals surface area contributed by atoms with Crippen LogP contribution in [0.5, 0.6) is 5.75 Å². The Labute approximate surface area is 96.6 Å². The van der Waals surface area contributed by atoms with Gasteiger partial charge >= 0.3 is 0 Å². The third-order valence-corrected chi connectivity index (χ3v) is 3.67. The van der Waals surface area contributed by atoms with E-state index in [1.54, 1.807) is 7.11 Å². The van der Waals surface area contributed by atoms with Gasteiger partial charge in [-0.25, -0.2) is 0 Å². The number of hydrogen-bond acceptors (Lipinski definition) is 2. The summed E-state index contributed by atoms with van der Waals surface area (Å²) >= 11 is 0. The second-order valence-corrected chi connectivity index (χ2v) is 4.98. The molecular formula is C14H18O2. The van der Waals surface area contributed by atoms with Crippen molar-refractivity contribution in [3.8, 4) is 5.75 Å². The molecule has 0 aliphatic heterocycles. The Hall–Kier alpha value is -1.31. The molecular weight excluding hydrogens is 200 g/mol. The lowest BCUT2D eigenvalue weighted by atomic mass is 9.70. The molecule has 86 valence electrons. The third-order valence-electron chi connectivity index (χ3n) is 3.67. The Kier molecular flexibility index (Phi) is 2.53. The molecule has 0 atom stereocenters. The molecule has 1 aliphatic rings. The summed E-state index contributed by atoms with van der Waals surface area (Å²) in [6, 6.07) is 4.09. The van der Waals surface area contributed by atoms with E-state index in [9.17, 15) is 4.79 Å². The number of ether oxygens (including phenoxy) is 1. The normalized spacial score (nSPS) is 18.1. The average Bonchev–Trinajstić information content (AvgIpc) is 2.24. The molecule has 0 bridgehead atoms. The van der Waals surface area contributed by atoms with E-state index in [4.69, 9.17) is 4.74 Å². The number of carbonyl (C=O) groups excluding carboxylic acids is 1. The summed E-state index contributed by atoms with van der Waals surface area (Å²) in [5.74, 6) is 1.21. The predicted octanol–water partition coefficient (Wildman–Crippen LogP) is 2.80. The van der Waals surface area contributed by atoms with E-state index >= 15 is 0 Å². The van der Waals surface area contributed by atoms with Crippen LogP contribution >= 0.6 is 0 Å². The van der Waals surface area contributed by atoms with Gasteiger partial charge in [0.1, 0.15) is 11.5 Å². The first-order chi connectivity index (χ1) is 7.48. The van der Waals surface area contributed by atoms with Crippen molar-refractivity contribution < 1.29 is 9.53 Å². The van der Waals surface area contributed by atoms with Gasteiger partial charge in [0.2, 0.25) is 0 Å². The van der Waals surface area contributed by atoms with Gasteiger partial charge in [0.05, 0.1) is 7.11 Å². The summed E-state index contributed by atoms with van der Waals surface area (Å²) in [6.45, 7) is 6.07. The van der Waals surface area contributed by atoms with Crippen LogP contribution in [0.4, 0.5) is 0 Å². The van der Waals surface area contributed by atoms with E-state index < -0.39 is 0 Å². The molecule has 2 heteroatoms. The fraction of sp³-hybridized carbons (Fsp3) is 0.500. The first kappa shape index (κ1) is 11.2. The summed E-state index contributed by atoms with van der Waals surface area (Å²) < 4.78 is 5.33. The van der Waals surface area contributed by atoms with E-state index in [0.717, 1.165) is 17.7 Å². The van der Waals surface area contributed by atoms with E-state index in [0.29, 0.717) is 12.2 Å². The molecule has 1 aliphatic carbocycles. The van der Waals surface area contributed by atoms with Crippen molar-refractivity contribution in [2.75, 3.05) is 7.11 Å². The zero-order chi connectivity index (χ0) is 11.9. The summed E-state index contributed by atoms with van der Waals surface area (Å²) in [5.41, 5.74) is 3.20. The van der Waals surface area contributed by atoms with E-state index in [1.807, 2.05) is 26.8 Å². The number of hydrogen-bond donors (Lipinski definition) is 0. The summed E-state index contributed by atoms with van der Waals surface area (Å²) in [4.78, 5) is 12.0. The van der Waals surface area contributed by atoms with Crippen molar-refractivity contribution in [2.45, 2.75) is 39.0 Å². The van der Waals surface area contributed by atoms with E-state index in [1.165, 1.54) is 11.1 Å². The molecule has 1 aromatic rings. The predicted molar refractivity (Wildman–Crippen MR) is 64.1 cm³/mol. The van der Waals surface area contributed by atoms with Gasteiger partial charge in [0.25, 0.3) is 0 Å². The molecule has 0 spiro atoms. The van der Waals surface area contributed by atoms with Crippen LogP contribution in [-0.2, 0) is 16.6 Å². The van der Waals surface area contributed by atoms with E-state index in [2.05, 4.69) is 6.07 Å². The summed E-state index contributed by atoms with van der Waals surface area (Å²) in [6.07, 6.45) is 1.52. The molecule has 0 amide bonds. The zero-order valence-electron chi connectivity index (χ0n) is 10.4. The first-order valence-corrected chi connectivity index (χ1v) is 5.68. The third kappa shape index (κ3) is 1.44. The van der Waals surface area contributed by atoms with Crippen molar-refractivity contribution in [1.82, 2.24) is 0 Å². The molecule has 0 unspecified atom stereocenters. The van der Waals surface area contributed by atoms with Crippen molar-refractivity contribution in [1.29, 1.82) is 0 Å². The van der Waals surface area contributed by atoms with Crippen LogP contribution in [0.25, 0.3) is 0 Å². The second-order valence-electron chi connectivity index (χ2n) is 4.98. The zero-order valence-corrected chi connectivity index (χ0v) is 10.4. The molecule has 1 aromatic carbocycles. The highest BCUT2D eigenvalue weighted by molar-refractivity contribution is 5.92. The molecule has 0 aromatic heterocycles. The minimum atomic E-state index is -0.369. The van der Waals surface area contributed by atoms with Crippen LogP contribution in [0.3, 0.4) is 0 Å². The number of fused-ring (bicyclic) bond motifs is 1. The van der Waals surface area contributed by atoms with Crippen molar-refractivity contribution in [3.05, 3.63) is 28.8 Å². The van der Waals surface area contributed by atoms with Gasteiger partial charge in [-0.15, -0.1) is 0 Å². The number of ketones is 1. The number of benzene rings is 1. The van der Waals surface area contributed by atoms with Crippen LogP contribution in [0.2, 0.25) is 0 Å². The maximum Gasteiger partial charge on any atom is 0.143 e. The summed E-state index contributed by atoms with van der Waals surface area (Å²) in [5, 5.41) is 0. The van der Waals surface area contributed by atoms with Gasteiger partial charge in [-0.2, -0.15) is 0 Å². The molecule has 0 radical (unpaired) electrons. The fourth-order valence-electron chi connectivity index (χ4n) is 2.75. The molecule has 0 fully saturated rings. The smallest absolute Gasteiger partial charge is 0.143 e. The lowest BCUT2D eigenvalue weighted by Gasteiger charge is -2.33. The van der Waals surface area contributed by atoms with Crippen LogP contribution in [0, 0.1) is 6.92 Å². The van der Waals surface area contributed by atoms with Crippen molar-refractivity contribution in [2.24, 2.45) is 0 Å². The number of rotatable bonds is 1. The highest BCUT2D eigenvalue weighted by Crippen LogP contribution is 2.39. The molecule has 0 saturated carbocycles. The standard InChI is InChI=1S/C14H18O2/c1-9-11(16-4)7-5-10-6-8-12(15)14(2,3)13(9)10/h5,7H,6,8H2,1-4H3. The van der Waals surface area contributed by atoms with Gasteiger partial charge in [0, 0.05) is 11.8 Å². The van der Waals surface area contributed by atoms with Crippen molar-refractivity contribution >= 4 is 5.78 Å². The average molecular weight is 218 g/mol. The minimum absolute atomic E-state index is 0.330. The number of aryl methyl sites for hydroxylation is 1. The van der Waals surface area contributed by atoms with Gasteiger partial charge in [-0.05, 0) is 49.9 Å². The fourth-order valence-corrected chi connectivity index (χ4v) is 2.75. The van der Waals surface area contributed by atoms with Crippen LogP contribution < -0.4 is 4.74 Å². The molecule has 16 heavy (non-hydrogen) atoms. The lowest BCUT2D eigenvalue weighted by Crippen LogP contribution is -2.35. The number of carbonyl (C=O) groups is 1. The maximum atomic E-state index is 12.0. The molecule has 0 saturated heterocycles. The monoisotopic (exact) mass is 218 g/mol. The highest BCUT2D eigenvalue weighted by atomic mass is 16.5. The lowest BCUT2D eigenvalue weighted by molar-refractivity contribution is -0.124. The van der Waals surface area contributed by atoms with Gasteiger partial charge in [0.15, 0.2) is 0 Å². The molecule has 2 nitrogen and oxygen atoms in total. The Morgan fingerprint density at radius 3 is 2.56 bits per heavy atom. The van der Waals surface area contributed by atoms with Crippen LogP contribution in [-0.4, -0.2) is 12.9 Å². The largest absolute Gasteiger partial charge is 0.496 e. The quantitative estimate of drug-likeness (QED) is 0.724. The van der Waals surface area contributed by atoms with E-state index in [-0.39, 0.29) is 5.41 Å². The molecule has 2 rings (SSSR count). The molecule has 0 N–H and O–H groups in total. The van der Waals surface area contributed by atoms with Crippen molar-refractivity contribution in [3.63, 3.8) is 0 Å². The SMILES string of the molecule is COc1ccc2c(c1C)C(C)(C)C(=O)CC2. The number of Topliss-reactive ketones (excluding diaryl/α,β-unsaturated/α-hetero) is 1. The first-order valence-electron chi connectivity index (χ1n) is 5.68. The van der Waals surface area contributed by atoms with Gasteiger partial charge in [-0.1, -0.05) is 6.07 Å². The topological polar surface area (TPSA) is 26.3 Å². The van der Waals surface area contributed by atoms with Crippen LogP contribution in [0.15, 0.2) is 12.1 Å². The maximum absolute atomic E-state index is 12.0. The minimum Gasteiger partial charge on any atom is -0.496 e.